The second-order valence-electron chi connectivity index (χ2n) is 6.61. The molecule has 148 valence electrons. The molecule has 1 N–H and O–H groups in total. The zero-order chi connectivity index (χ0) is 20.1. The van der Waals surface area contributed by atoms with Gasteiger partial charge < -0.3 is 24.6 Å². The van der Waals surface area contributed by atoms with Crippen molar-refractivity contribution in [3.8, 4) is 11.5 Å². The molecule has 2 aromatic carbocycles. The fraction of sp³-hybridized carbons (Fsp3) is 0.333. The van der Waals surface area contributed by atoms with E-state index in [1.807, 2.05) is 37.3 Å². The van der Waals surface area contributed by atoms with Gasteiger partial charge in [-0.05, 0) is 36.8 Å². The van der Waals surface area contributed by atoms with Gasteiger partial charge in [0.15, 0.2) is 0 Å². The summed E-state index contributed by atoms with van der Waals surface area (Å²) in [5.41, 5.74) is 2.45. The molecule has 28 heavy (non-hydrogen) atoms. The molecule has 0 spiro atoms. The van der Waals surface area contributed by atoms with Gasteiger partial charge in [0.05, 0.1) is 25.6 Å². The number of hydrogen-bond acceptors (Lipinski definition) is 5. The van der Waals surface area contributed by atoms with Gasteiger partial charge in [-0.25, -0.2) is 0 Å². The average molecular weight is 383 g/mol. The van der Waals surface area contributed by atoms with E-state index < -0.39 is 11.8 Å². The van der Waals surface area contributed by atoms with Gasteiger partial charge >= 0.3 is 11.8 Å². The van der Waals surface area contributed by atoms with Crippen molar-refractivity contribution in [2.24, 2.45) is 0 Å². The van der Waals surface area contributed by atoms with Crippen molar-refractivity contribution in [2.45, 2.75) is 6.92 Å². The Morgan fingerprint density at radius 3 is 2.29 bits per heavy atom. The number of methoxy groups -OCH3 is 2. The van der Waals surface area contributed by atoms with Crippen LogP contribution in [0.25, 0.3) is 0 Å². The standard InChI is InChI=1S/C21H25N3O4/c1-15-8-9-18(27-2)16(14-15)22-20(25)21(26)24-12-10-23(11-13-24)17-6-4-5-7-19(17)28-3/h4-9,14H,10-13H2,1-3H3,(H,22,25). The van der Waals surface area contributed by atoms with Crippen LogP contribution >= 0.6 is 0 Å². The molecule has 0 atom stereocenters. The first-order valence-electron chi connectivity index (χ1n) is 9.16. The third-order valence-electron chi connectivity index (χ3n) is 4.79. The summed E-state index contributed by atoms with van der Waals surface area (Å²) in [6.45, 7) is 4.11. The van der Waals surface area contributed by atoms with Gasteiger partial charge in [-0.3, -0.25) is 9.59 Å². The van der Waals surface area contributed by atoms with Crippen molar-refractivity contribution in [3.05, 3.63) is 48.0 Å². The number of hydrogen-bond donors (Lipinski definition) is 1. The molecule has 0 bridgehead atoms. The van der Waals surface area contributed by atoms with E-state index in [0.29, 0.717) is 37.6 Å². The summed E-state index contributed by atoms with van der Waals surface area (Å²) in [7, 11) is 3.17. The van der Waals surface area contributed by atoms with Gasteiger partial charge in [0.25, 0.3) is 0 Å². The number of ether oxygens (including phenoxy) is 2. The third-order valence-corrected chi connectivity index (χ3v) is 4.79. The lowest BCUT2D eigenvalue weighted by atomic mass is 10.2. The first kappa shape index (κ1) is 19.5. The molecular formula is C21H25N3O4. The molecule has 1 aliphatic heterocycles. The molecule has 1 heterocycles. The molecule has 0 unspecified atom stereocenters. The fourth-order valence-corrected chi connectivity index (χ4v) is 3.28. The lowest BCUT2D eigenvalue weighted by Gasteiger charge is -2.36. The number of carbonyl (C=O) groups is 2. The van der Waals surface area contributed by atoms with Gasteiger partial charge in [0.1, 0.15) is 11.5 Å². The Labute approximate surface area is 164 Å². The third kappa shape index (κ3) is 4.19. The smallest absolute Gasteiger partial charge is 0.314 e. The summed E-state index contributed by atoms with van der Waals surface area (Å²) < 4.78 is 10.7. The van der Waals surface area contributed by atoms with Crippen molar-refractivity contribution in [2.75, 3.05) is 50.6 Å². The Balaban J connectivity index is 1.62. The summed E-state index contributed by atoms with van der Waals surface area (Å²) in [6, 6.07) is 13.2. The summed E-state index contributed by atoms with van der Waals surface area (Å²) in [6.07, 6.45) is 0. The van der Waals surface area contributed by atoms with Crippen molar-refractivity contribution < 1.29 is 19.1 Å². The number of rotatable bonds is 4. The van der Waals surface area contributed by atoms with E-state index in [0.717, 1.165) is 17.0 Å². The predicted molar refractivity (Wildman–Crippen MR) is 108 cm³/mol. The number of aryl methyl sites for hydroxylation is 1. The van der Waals surface area contributed by atoms with Crippen LogP contribution in [0.1, 0.15) is 5.56 Å². The van der Waals surface area contributed by atoms with Crippen LogP contribution < -0.4 is 19.7 Å². The minimum absolute atomic E-state index is 0.468. The number of piperazine rings is 1. The van der Waals surface area contributed by atoms with Gasteiger partial charge in [0, 0.05) is 26.2 Å². The minimum Gasteiger partial charge on any atom is -0.495 e. The number of anilines is 2. The van der Waals surface area contributed by atoms with Gasteiger partial charge in [-0.1, -0.05) is 18.2 Å². The first-order valence-corrected chi connectivity index (χ1v) is 9.16. The van der Waals surface area contributed by atoms with Gasteiger partial charge in [-0.15, -0.1) is 0 Å². The largest absolute Gasteiger partial charge is 0.495 e. The summed E-state index contributed by atoms with van der Waals surface area (Å²) >= 11 is 0. The fourth-order valence-electron chi connectivity index (χ4n) is 3.28. The zero-order valence-corrected chi connectivity index (χ0v) is 16.4. The van der Waals surface area contributed by atoms with Crippen LogP contribution in [0.15, 0.2) is 42.5 Å². The number of carbonyl (C=O) groups excluding carboxylic acids is 2. The molecule has 3 rings (SSSR count). The van der Waals surface area contributed by atoms with Crippen LogP contribution in [-0.4, -0.2) is 57.1 Å². The highest BCUT2D eigenvalue weighted by atomic mass is 16.5. The lowest BCUT2D eigenvalue weighted by molar-refractivity contribution is -0.143. The van der Waals surface area contributed by atoms with Crippen LogP contribution in [0, 0.1) is 6.92 Å². The Hall–Kier alpha value is -3.22. The molecule has 1 fully saturated rings. The minimum atomic E-state index is -0.658. The van der Waals surface area contributed by atoms with Crippen LogP contribution in [0.5, 0.6) is 11.5 Å². The van der Waals surface area contributed by atoms with Crippen molar-refractivity contribution in [3.63, 3.8) is 0 Å². The van der Waals surface area contributed by atoms with Crippen molar-refractivity contribution >= 4 is 23.2 Å². The van der Waals surface area contributed by atoms with Crippen molar-refractivity contribution in [1.29, 1.82) is 0 Å². The molecule has 0 radical (unpaired) electrons. The average Bonchev–Trinajstić information content (AvgIpc) is 2.73. The number of nitrogens with zero attached hydrogens (tertiary/aromatic N) is 2. The topological polar surface area (TPSA) is 71.1 Å². The second kappa shape index (κ2) is 8.65. The molecule has 7 nitrogen and oxygen atoms in total. The normalized spacial score (nSPS) is 13.8. The molecule has 1 aliphatic rings. The van der Waals surface area contributed by atoms with Gasteiger partial charge in [0.2, 0.25) is 0 Å². The predicted octanol–water partition coefficient (Wildman–Crippen LogP) is 2.30. The van der Waals surface area contributed by atoms with Gasteiger partial charge in [-0.2, -0.15) is 0 Å². The molecule has 2 aromatic rings. The van der Waals surface area contributed by atoms with E-state index in [4.69, 9.17) is 9.47 Å². The van der Waals surface area contributed by atoms with E-state index in [2.05, 4.69) is 10.2 Å². The van der Waals surface area contributed by atoms with E-state index in [-0.39, 0.29) is 0 Å². The molecular weight excluding hydrogens is 358 g/mol. The van der Waals surface area contributed by atoms with E-state index >= 15 is 0 Å². The number of para-hydroxylation sites is 2. The second-order valence-corrected chi connectivity index (χ2v) is 6.61. The molecule has 0 aromatic heterocycles. The van der Waals surface area contributed by atoms with E-state index in [1.165, 1.54) is 7.11 Å². The molecule has 2 amide bonds. The zero-order valence-electron chi connectivity index (χ0n) is 16.4. The Morgan fingerprint density at radius 2 is 1.61 bits per heavy atom. The van der Waals surface area contributed by atoms with Crippen LogP contribution in [0.3, 0.4) is 0 Å². The molecule has 0 aliphatic carbocycles. The Bertz CT molecular complexity index is 860. The number of amides is 2. The van der Waals surface area contributed by atoms with Crippen LogP contribution in [0.4, 0.5) is 11.4 Å². The van der Waals surface area contributed by atoms with E-state index in [9.17, 15) is 9.59 Å². The Morgan fingerprint density at radius 1 is 0.929 bits per heavy atom. The highest BCUT2D eigenvalue weighted by molar-refractivity contribution is 6.39. The van der Waals surface area contributed by atoms with E-state index in [1.54, 1.807) is 24.1 Å². The maximum absolute atomic E-state index is 12.6. The van der Waals surface area contributed by atoms with Crippen molar-refractivity contribution in [1.82, 2.24) is 4.90 Å². The summed E-state index contributed by atoms with van der Waals surface area (Å²) in [5.74, 6) is 0.122. The molecule has 1 saturated heterocycles. The summed E-state index contributed by atoms with van der Waals surface area (Å²) in [5, 5.41) is 2.67. The van der Waals surface area contributed by atoms with Crippen LogP contribution in [0.2, 0.25) is 0 Å². The quantitative estimate of drug-likeness (QED) is 0.821. The highest BCUT2D eigenvalue weighted by Crippen LogP contribution is 2.28. The maximum atomic E-state index is 12.6. The summed E-state index contributed by atoms with van der Waals surface area (Å²) in [4.78, 5) is 28.8. The number of benzene rings is 2. The molecule has 0 saturated carbocycles. The Kier molecular flexibility index (Phi) is 6.03. The monoisotopic (exact) mass is 383 g/mol. The number of nitrogens with one attached hydrogen (secondary N) is 1. The van der Waals surface area contributed by atoms with Crippen LogP contribution in [-0.2, 0) is 9.59 Å². The lowest BCUT2D eigenvalue weighted by Crippen LogP contribution is -2.51. The SMILES string of the molecule is COc1ccc(C)cc1NC(=O)C(=O)N1CCN(c2ccccc2OC)CC1. The first-order chi connectivity index (χ1) is 13.5. The maximum Gasteiger partial charge on any atom is 0.314 e. The molecule has 7 heteroatoms. The highest BCUT2D eigenvalue weighted by Gasteiger charge is 2.27.